The Morgan fingerprint density at radius 1 is 1.24 bits per heavy atom. The second-order valence-electron chi connectivity index (χ2n) is 5.74. The summed E-state index contributed by atoms with van der Waals surface area (Å²) in [5, 5.41) is 17.8. The lowest BCUT2D eigenvalue weighted by molar-refractivity contribution is -0.141. The fourth-order valence-electron chi connectivity index (χ4n) is 3.12. The minimum atomic E-state index is -4.14. The molecular formula is C17H11ClFNO4S. The summed E-state index contributed by atoms with van der Waals surface area (Å²) >= 11 is 5.75. The number of carboxylic acid groups (broad SMARTS) is 1. The molecule has 1 aliphatic carbocycles. The topological polar surface area (TPSA) is 95.2 Å². The summed E-state index contributed by atoms with van der Waals surface area (Å²) in [5.74, 6) is -3.34. The van der Waals surface area contributed by atoms with E-state index < -0.39 is 38.2 Å². The zero-order chi connectivity index (χ0) is 18.4. The molecule has 128 valence electrons. The van der Waals surface area contributed by atoms with Gasteiger partial charge in [-0.15, -0.1) is 0 Å². The van der Waals surface area contributed by atoms with E-state index in [0.717, 1.165) is 12.1 Å². The first-order chi connectivity index (χ1) is 11.7. The first-order valence-electron chi connectivity index (χ1n) is 7.14. The lowest BCUT2D eigenvalue weighted by atomic mass is 10.0. The zero-order valence-corrected chi connectivity index (χ0v) is 14.1. The van der Waals surface area contributed by atoms with Crippen molar-refractivity contribution in [1.29, 1.82) is 5.26 Å². The molecular weight excluding hydrogens is 369 g/mol. The Hall–Kier alpha value is -2.43. The van der Waals surface area contributed by atoms with Crippen LogP contribution in [-0.2, 0) is 14.6 Å². The van der Waals surface area contributed by atoms with Gasteiger partial charge in [0.05, 0.1) is 11.0 Å². The van der Waals surface area contributed by atoms with Gasteiger partial charge in [-0.25, -0.2) is 12.8 Å². The van der Waals surface area contributed by atoms with Crippen LogP contribution in [0.15, 0.2) is 53.4 Å². The molecule has 0 radical (unpaired) electrons. The van der Waals surface area contributed by atoms with Crippen molar-refractivity contribution in [2.75, 3.05) is 0 Å². The molecule has 5 nitrogen and oxygen atoms in total. The van der Waals surface area contributed by atoms with Gasteiger partial charge in [-0.05, 0) is 42.0 Å². The molecule has 1 saturated carbocycles. The SMILES string of the molecule is N#C[C@]1(C(=O)O)[C@H](c2cccc(F)c2)[C@H]1S(=O)(=O)c1ccc(Cl)cc1. The summed E-state index contributed by atoms with van der Waals surface area (Å²) in [6.07, 6.45) is 0. The molecule has 1 N–H and O–H groups in total. The Balaban J connectivity index is 2.14. The highest BCUT2D eigenvalue weighted by Gasteiger charge is 2.77. The molecule has 0 bridgehead atoms. The van der Waals surface area contributed by atoms with Crippen LogP contribution in [0, 0.1) is 22.6 Å². The van der Waals surface area contributed by atoms with E-state index in [0.29, 0.717) is 5.02 Å². The third kappa shape index (κ3) is 2.58. The van der Waals surface area contributed by atoms with E-state index in [9.17, 15) is 28.0 Å². The molecule has 8 heteroatoms. The highest BCUT2D eigenvalue weighted by Crippen LogP contribution is 2.64. The van der Waals surface area contributed by atoms with Crippen molar-refractivity contribution in [2.24, 2.45) is 5.41 Å². The van der Waals surface area contributed by atoms with Crippen LogP contribution in [-0.4, -0.2) is 24.7 Å². The normalized spacial score (nSPS) is 25.2. The number of nitrogens with zero attached hydrogens (tertiary/aromatic N) is 1. The molecule has 0 saturated heterocycles. The number of sulfone groups is 1. The fourth-order valence-corrected chi connectivity index (χ4v) is 5.50. The number of carboxylic acids is 1. The van der Waals surface area contributed by atoms with Crippen LogP contribution in [0.1, 0.15) is 11.5 Å². The number of benzene rings is 2. The Bertz CT molecular complexity index is 1000. The van der Waals surface area contributed by atoms with Crippen molar-refractivity contribution in [3.63, 3.8) is 0 Å². The predicted octanol–water partition coefficient (Wildman–Crippen LogP) is 3.01. The van der Waals surface area contributed by atoms with Gasteiger partial charge in [-0.3, -0.25) is 4.79 Å². The second kappa shape index (κ2) is 5.83. The largest absolute Gasteiger partial charge is 0.480 e. The number of rotatable bonds is 4. The van der Waals surface area contributed by atoms with Gasteiger partial charge in [-0.1, -0.05) is 23.7 Å². The molecule has 3 rings (SSSR count). The minimum Gasteiger partial charge on any atom is -0.480 e. The number of hydrogen-bond acceptors (Lipinski definition) is 4. The van der Waals surface area contributed by atoms with Crippen molar-refractivity contribution in [3.8, 4) is 6.07 Å². The van der Waals surface area contributed by atoms with Crippen molar-refractivity contribution < 1.29 is 22.7 Å². The Morgan fingerprint density at radius 2 is 1.88 bits per heavy atom. The first-order valence-corrected chi connectivity index (χ1v) is 9.07. The molecule has 1 fully saturated rings. The van der Waals surface area contributed by atoms with Crippen LogP contribution in [0.5, 0.6) is 0 Å². The van der Waals surface area contributed by atoms with Gasteiger partial charge < -0.3 is 5.11 Å². The maximum atomic E-state index is 13.5. The van der Waals surface area contributed by atoms with Gasteiger partial charge in [0, 0.05) is 10.9 Å². The summed E-state index contributed by atoms with van der Waals surface area (Å²) in [6.45, 7) is 0. The number of nitriles is 1. The van der Waals surface area contributed by atoms with Crippen LogP contribution in [0.4, 0.5) is 4.39 Å². The number of hydrogen-bond donors (Lipinski definition) is 1. The molecule has 25 heavy (non-hydrogen) atoms. The third-order valence-electron chi connectivity index (χ3n) is 4.36. The summed E-state index contributed by atoms with van der Waals surface area (Å²) in [6, 6.07) is 11.8. The maximum Gasteiger partial charge on any atom is 0.326 e. The minimum absolute atomic E-state index is 0.137. The smallest absolute Gasteiger partial charge is 0.326 e. The van der Waals surface area contributed by atoms with Crippen LogP contribution >= 0.6 is 11.6 Å². The van der Waals surface area contributed by atoms with Gasteiger partial charge in [0.2, 0.25) is 0 Å². The van der Waals surface area contributed by atoms with Gasteiger partial charge in [0.25, 0.3) is 0 Å². The van der Waals surface area contributed by atoms with E-state index in [1.54, 1.807) is 6.07 Å². The second-order valence-corrected chi connectivity index (χ2v) is 8.24. The summed E-state index contributed by atoms with van der Waals surface area (Å²) in [7, 11) is -4.14. The molecule has 0 aliphatic heterocycles. The Morgan fingerprint density at radius 3 is 2.40 bits per heavy atom. The number of halogens is 2. The molecule has 2 aromatic rings. The molecule has 0 amide bonds. The van der Waals surface area contributed by atoms with Crippen LogP contribution in [0.3, 0.4) is 0 Å². The third-order valence-corrected chi connectivity index (χ3v) is 6.85. The molecule has 0 spiro atoms. The lowest BCUT2D eigenvalue weighted by Gasteiger charge is -2.05. The molecule has 3 atom stereocenters. The van der Waals surface area contributed by atoms with Gasteiger partial charge in [0.1, 0.15) is 11.1 Å². The quantitative estimate of drug-likeness (QED) is 0.880. The van der Waals surface area contributed by atoms with Crippen LogP contribution in [0.25, 0.3) is 0 Å². The van der Waals surface area contributed by atoms with Gasteiger partial charge in [0.15, 0.2) is 15.3 Å². The van der Waals surface area contributed by atoms with E-state index in [4.69, 9.17) is 11.6 Å². The van der Waals surface area contributed by atoms with Gasteiger partial charge in [-0.2, -0.15) is 5.26 Å². The Labute approximate surface area is 148 Å². The van der Waals surface area contributed by atoms with Crippen LogP contribution < -0.4 is 0 Å². The molecule has 0 unspecified atom stereocenters. The van der Waals surface area contributed by atoms with E-state index in [1.807, 2.05) is 0 Å². The average Bonchev–Trinajstić information content (AvgIpc) is 3.27. The summed E-state index contributed by atoms with van der Waals surface area (Å²) in [4.78, 5) is 11.6. The standard InChI is InChI=1S/C17H11ClFNO4S/c18-11-4-6-13(7-5-11)25(23,24)15-14(17(15,9-20)16(21)22)10-2-1-3-12(19)8-10/h1-8,14-15H,(H,21,22)/t14-,15-,17+/m1/s1. The van der Waals surface area contributed by atoms with E-state index in [2.05, 4.69) is 0 Å². The van der Waals surface area contributed by atoms with E-state index >= 15 is 0 Å². The molecule has 2 aromatic carbocycles. The van der Waals surface area contributed by atoms with Crippen molar-refractivity contribution >= 4 is 27.4 Å². The van der Waals surface area contributed by atoms with Crippen molar-refractivity contribution in [3.05, 3.63) is 64.9 Å². The van der Waals surface area contributed by atoms with Crippen LogP contribution in [0.2, 0.25) is 5.02 Å². The first kappa shape index (κ1) is 17.4. The van der Waals surface area contributed by atoms with Crippen molar-refractivity contribution in [1.82, 2.24) is 0 Å². The lowest BCUT2D eigenvalue weighted by Crippen LogP contribution is -2.22. The highest BCUT2D eigenvalue weighted by molar-refractivity contribution is 7.92. The monoisotopic (exact) mass is 379 g/mol. The maximum absolute atomic E-state index is 13.5. The average molecular weight is 380 g/mol. The number of aliphatic carboxylic acids is 1. The van der Waals surface area contributed by atoms with E-state index in [-0.39, 0.29) is 10.5 Å². The van der Waals surface area contributed by atoms with Crippen molar-refractivity contribution in [2.45, 2.75) is 16.1 Å². The van der Waals surface area contributed by atoms with E-state index in [1.165, 1.54) is 36.4 Å². The fraction of sp³-hybridized carbons (Fsp3) is 0.176. The predicted molar refractivity (Wildman–Crippen MR) is 87.2 cm³/mol. The van der Waals surface area contributed by atoms with Gasteiger partial charge >= 0.3 is 5.97 Å². The summed E-state index contributed by atoms with van der Waals surface area (Å²) in [5.41, 5.74) is -2.00. The summed E-state index contributed by atoms with van der Waals surface area (Å²) < 4.78 is 39.3. The number of carbonyl (C=O) groups is 1. The zero-order valence-electron chi connectivity index (χ0n) is 12.6. The molecule has 1 aliphatic rings. The highest BCUT2D eigenvalue weighted by atomic mass is 35.5. The molecule has 0 aromatic heterocycles. The molecule has 0 heterocycles. The Kier molecular flexibility index (Phi) is 4.06.